The fraction of sp³-hybridized carbons (Fsp3) is 0.542. The molecule has 9 heteroatoms. The Labute approximate surface area is 193 Å². The molecule has 0 amide bonds. The summed E-state index contributed by atoms with van der Waals surface area (Å²) in [6.45, 7) is 3.24. The van der Waals surface area contributed by atoms with Crippen LogP contribution in [0.3, 0.4) is 0 Å². The molecule has 1 aromatic heterocycles. The van der Waals surface area contributed by atoms with Crippen LogP contribution in [0.25, 0.3) is 0 Å². The molecule has 0 bridgehead atoms. The number of halogens is 1. The molecule has 0 spiro atoms. The van der Waals surface area contributed by atoms with Crippen molar-refractivity contribution in [2.45, 2.75) is 37.9 Å². The lowest BCUT2D eigenvalue weighted by Gasteiger charge is -2.26. The molecule has 180 valence electrons. The third-order valence-electron chi connectivity index (χ3n) is 5.93. The van der Waals surface area contributed by atoms with Gasteiger partial charge in [0.15, 0.2) is 6.29 Å². The van der Waals surface area contributed by atoms with E-state index in [-0.39, 0.29) is 5.56 Å². The van der Waals surface area contributed by atoms with Crippen molar-refractivity contribution < 1.29 is 23.5 Å². The first kappa shape index (κ1) is 25.0. The third-order valence-corrected chi connectivity index (χ3v) is 5.93. The third kappa shape index (κ3) is 6.93. The van der Waals surface area contributed by atoms with Gasteiger partial charge >= 0.3 is 0 Å². The number of nitro groups is 1. The van der Waals surface area contributed by atoms with E-state index < -0.39 is 29.5 Å². The molecule has 0 N–H and O–H groups in total. The molecule has 1 fully saturated rings. The Morgan fingerprint density at radius 2 is 1.85 bits per heavy atom. The summed E-state index contributed by atoms with van der Waals surface area (Å²) < 4.78 is 31.3. The van der Waals surface area contributed by atoms with Crippen LogP contribution in [0.4, 0.5) is 4.39 Å². The molecule has 1 aromatic carbocycles. The van der Waals surface area contributed by atoms with Crippen LogP contribution >= 0.6 is 0 Å². The van der Waals surface area contributed by atoms with E-state index in [1.165, 1.54) is 45.7 Å². The van der Waals surface area contributed by atoms with E-state index in [1.54, 1.807) is 24.3 Å². The number of ether oxygens (including phenoxy) is 3. The van der Waals surface area contributed by atoms with E-state index in [9.17, 15) is 14.5 Å². The number of rotatable bonds is 12. The molecule has 2 aromatic rings. The van der Waals surface area contributed by atoms with E-state index in [4.69, 9.17) is 14.2 Å². The van der Waals surface area contributed by atoms with Crippen LogP contribution in [0.2, 0.25) is 0 Å². The molecule has 0 saturated carbocycles. The summed E-state index contributed by atoms with van der Waals surface area (Å²) in [5.41, 5.74) is 1.21. The van der Waals surface area contributed by atoms with Crippen molar-refractivity contribution in [2.75, 3.05) is 47.0 Å². The summed E-state index contributed by atoms with van der Waals surface area (Å²) in [6, 6.07) is 7.71. The zero-order chi connectivity index (χ0) is 23.6. The summed E-state index contributed by atoms with van der Waals surface area (Å²) in [4.78, 5) is 17.8. The van der Waals surface area contributed by atoms with Crippen molar-refractivity contribution in [3.63, 3.8) is 0 Å². The van der Waals surface area contributed by atoms with Crippen LogP contribution in [0.1, 0.15) is 54.6 Å². The molecular weight excluding hydrogens is 429 g/mol. The fourth-order valence-electron chi connectivity index (χ4n) is 4.30. The van der Waals surface area contributed by atoms with Gasteiger partial charge < -0.3 is 19.1 Å². The second kappa shape index (κ2) is 12.6. The number of aromatic nitrogens is 1. The second-order valence-corrected chi connectivity index (χ2v) is 8.15. The van der Waals surface area contributed by atoms with E-state index >= 15 is 0 Å². The van der Waals surface area contributed by atoms with E-state index in [1.807, 2.05) is 0 Å². The van der Waals surface area contributed by atoms with Crippen LogP contribution in [0, 0.1) is 15.9 Å². The van der Waals surface area contributed by atoms with Crippen LogP contribution in [0.15, 0.2) is 36.5 Å². The van der Waals surface area contributed by atoms with Gasteiger partial charge in [0.25, 0.3) is 0 Å². The molecule has 1 unspecified atom stereocenters. The maximum absolute atomic E-state index is 14.6. The Bertz CT molecular complexity index is 903. The van der Waals surface area contributed by atoms with Crippen molar-refractivity contribution in [1.29, 1.82) is 0 Å². The van der Waals surface area contributed by atoms with Gasteiger partial charge in [-0.25, -0.2) is 9.37 Å². The maximum Gasteiger partial charge on any atom is 0.214 e. The Morgan fingerprint density at radius 3 is 2.52 bits per heavy atom. The van der Waals surface area contributed by atoms with Crippen molar-refractivity contribution in [2.24, 2.45) is 0 Å². The largest absolute Gasteiger partial charge is 0.478 e. The molecular formula is C24H32FN3O5. The van der Waals surface area contributed by atoms with Gasteiger partial charge in [0.2, 0.25) is 12.4 Å². The average Bonchev–Trinajstić information content (AvgIpc) is 2.82. The van der Waals surface area contributed by atoms with Crippen molar-refractivity contribution in [1.82, 2.24) is 9.88 Å². The smallest absolute Gasteiger partial charge is 0.214 e. The molecule has 1 saturated heterocycles. The molecule has 0 aliphatic carbocycles. The van der Waals surface area contributed by atoms with Crippen molar-refractivity contribution in [3.8, 4) is 5.88 Å². The number of pyridine rings is 1. The van der Waals surface area contributed by atoms with Gasteiger partial charge in [0, 0.05) is 49.1 Å². The first-order valence-corrected chi connectivity index (χ1v) is 11.3. The Morgan fingerprint density at radius 1 is 1.12 bits per heavy atom. The van der Waals surface area contributed by atoms with E-state index in [2.05, 4.69) is 9.88 Å². The lowest BCUT2D eigenvalue weighted by atomic mass is 9.88. The summed E-state index contributed by atoms with van der Waals surface area (Å²) in [5.74, 6) is -0.996. The van der Waals surface area contributed by atoms with Crippen LogP contribution in [0.5, 0.6) is 5.88 Å². The van der Waals surface area contributed by atoms with Gasteiger partial charge in [-0.2, -0.15) is 0 Å². The number of nitrogens with zero attached hydrogens (tertiary/aromatic N) is 3. The lowest BCUT2D eigenvalue weighted by Crippen LogP contribution is -2.31. The SMILES string of the molecule is COC(OC)c1cc(OCCCN2CCCCC2)ncc1C(C[N+](=O)[O-])c1ccccc1F. The lowest BCUT2D eigenvalue weighted by molar-refractivity contribution is -0.481. The summed E-state index contributed by atoms with van der Waals surface area (Å²) in [6.07, 6.45) is 5.36. The summed E-state index contributed by atoms with van der Waals surface area (Å²) in [5, 5.41) is 11.4. The van der Waals surface area contributed by atoms with Gasteiger partial charge in [0.05, 0.1) is 12.5 Å². The molecule has 8 nitrogen and oxygen atoms in total. The standard InChI is InChI=1S/C24H32FN3O5/c1-31-24(32-2)19-15-23(33-14-8-13-27-11-6-3-7-12-27)26-16-20(19)21(17-28(29)30)18-9-4-5-10-22(18)25/h4-5,9-10,15-16,21,24H,3,6-8,11-14,17H2,1-2H3. The monoisotopic (exact) mass is 461 g/mol. The molecule has 2 heterocycles. The minimum absolute atomic E-state index is 0.221. The zero-order valence-corrected chi connectivity index (χ0v) is 19.2. The predicted octanol–water partition coefficient (Wildman–Crippen LogP) is 4.18. The maximum atomic E-state index is 14.6. The highest BCUT2D eigenvalue weighted by Gasteiger charge is 2.29. The topological polar surface area (TPSA) is 87.0 Å². The second-order valence-electron chi connectivity index (χ2n) is 8.15. The quantitative estimate of drug-likeness (QED) is 0.203. The Kier molecular flexibility index (Phi) is 9.53. The Hall–Kier alpha value is -2.62. The first-order valence-electron chi connectivity index (χ1n) is 11.3. The normalized spacial score (nSPS) is 15.5. The van der Waals surface area contributed by atoms with Crippen LogP contribution in [-0.2, 0) is 9.47 Å². The minimum atomic E-state index is -0.857. The van der Waals surface area contributed by atoms with Gasteiger partial charge in [-0.3, -0.25) is 10.1 Å². The molecule has 0 radical (unpaired) electrons. The molecule has 1 aliphatic rings. The van der Waals surface area contributed by atoms with Gasteiger partial charge in [-0.15, -0.1) is 0 Å². The number of hydrogen-bond donors (Lipinski definition) is 0. The van der Waals surface area contributed by atoms with Crippen LogP contribution in [-0.4, -0.2) is 61.8 Å². The Balaban J connectivity index is 1.82. The zero-order valence-electron chi connectivity index (χ0n) is 19.2. The van der Waals surface area contributed by atoms with E-state index in [0.29, 0.717) is 23.6 Å². The van der Waals surface area contributed by atoms with Crippen molar-refractivity contribution in [3.05, 3.63) is 69.2 Å². The summed E-state index contributed by atoms with van der Waals surface area (Å²) >= 11 is 0. The predicted molar refractivity (Wildman–Crippen MR) is 122 cm³/mol. The highest BCUT2D eigenvalue weighted by atomic mass is 19.1. The molecule has 3 rings (SSSR count). The number of methoxy groups -OCH3 is 2. The molecule has 33 heavy (non-hydrogen) atoms. The number of hydrogen-bond acceptors (Lipinski definition) is 7. The number of likely N-dealkylation sites (tertiary alicyclic amines) is 1. The van der Waals surface area contributed by atoms with Gasteiger partial charge in [-0.1, -0.05) is 24.6 Å². The first-order chi connectivity index (χ1) is 16.0. The van der Waals surface area contributed by atoms with Crippen molar-refractivity contribution >= 4 is 0 Å². The van der Waals surface area contributed by atoms with Crippen LogP contribution < -0.4 is 4.74 Å². The minimum Gasteiger partial charge on any atom is -0.478 e. The molecule has 1 aliphatic heterocycles. The number of piperidine rings is 1. The van der Waals surface area contributed by atoms with Gasteiger partial charge in [0.1, 0.15) is 5.82 Å². The van der Waals surface area contributed by atoms with Gasteiger partial charge in [-0.05, 0) is 44.0 Å². The number of benzene rings is 1. The highest BCUT2D eigenvalue weighted by molar-refractivity contribution is 5.40. The average molecular weight is 462 g/mol. The van der Waals surface area contributed by atoms with E-state index in [0.717, 1.165) is 26.1 Å². The molecule has 1 atom stereocenters. The fourth-order valence-corrected chi connectivity index (χ4v) is 4.30. The summed E-state index contributed by atoms with van der Waals surface area (Å²) in [7, 11) is 2.95. The highest BCUT2D eigenvalue weighted by Crippen LogP contribution is 2.34.